The lowest BCUT2D eigenvalue weighted by atomic mass is 9.71. The number of nitrogens with one attached hydrogen (secondary N) is 1. The maximum absolute atomic E-state index is 5.70. The Balaban J connectivity index is 2.08. The van der Waals surface area contributed by atoms with Crippen LogP contribution in [0.4, 0.5) is 0 Å². The van der Waals surface area contributed by atoms with E-state index < -0.39 is 0 Å². The summed E-state index contributed by atoms with van der Waals surface area (Å²) in [6.45, 7) is 4.69. The molecule has 17 heavy (non-hydrogen) atoms. The van der Waals surface area contributed by atoms with E-state index in [2.05, 4.69) is 35.2 Å². The smallest absolute Gasteiger partial charge is 0.136 e. The van der Waals surface area contributed by atoms with Crippen molar-refractivity contribution in [2.45, 2.75) is 45.6 Å². The van der Waals surface area contributed by atoms with Gasteiger partial charge in [0, 0.05) is 0 Å². The van der Waals surface area contributed by atoms with Crippen molar-refractivity contribution in [3.05, 3.63) is 22.6 Å². The molecule has 0 saturated heterocycles. The van der Waals surface area contributed by atoms with E-state index >= 15 is 0 Å². The zero-order valence-corrected chi connectivity index (χ0v) is 12.1. The van der Waals surface area contributed by atoms with Gasteiger partial charge in [-0.2, -0.15) is 0 Å². The molecule has 3 N–H and O–H groups in total. The van der Waals surface area contributed by atoms with E-state index in [0.717, 1.165) is 10.2 Å². The first-order valence-electron chi connectivity index (χ1n) is 6.22. The Bertz CT molecular complexity index is 365. The fraction of sp³-hybridized carbons (Fsp3) is 0.692. The van der Waals surface area contributed by atoms with Crippen molar-refractivity contribution in [2.24, 2.45) is 17.2 Å². The van der Waals surface area contributed by atoms with Crippen LogP contribution in [0.3, 0.4) is 0 Å². The number of hydrogen-bond donors (Lipinski definition) is 2. The minimum absolute atomic E-state index is 0.121. The van der Waals surface area contributed by atoms with Gasteiger partial charge < -0.3 is 4.42 Å². The summed E-state index contributed by atoms with van der Waals surface area (Å²) in [5, 5.41) is 0. The first kappa shape index (κ1) is 13.1. The summed E-state index contributed by atoms with van der Waals surface area (Å²) in [6.07, 6.45) is 6.63. The van der Waals surface area contributed by atoms with Crippen LogP contribution in [0, 0.1) is 11.3 Å². The fourth-order valence-corrected chi connectivity index (χ4v) is 3.16. The highest BCUT2D eigenvalue weighted by Crippen LogP contribution is 2.43. The van der Waals surface area contributed by atoms with Crippen molar-refractivity contribution in [2.75, 3.05) is 0 Å². The molecule has 3 nitrogen and oxygen atoms in total. The van der Waals surface area contributed by atoms with Gasteiger partial charge in [-0.15, -0.1) is 0 Å². The average molecular weight is 301 g/mol. The van der Waals surface area contributed by atoms with Crippen LogP contribution < -0.4 is 11.3 Å². The quantitative estimate of drug-likeness (QED) is 0.660. The highest BCUT2D eigenvalue weighted by molar-refractivity contribution is 9.10. The summed E-state index contributed by atoms with van der Waals surface area (Å²) in [7, 11) is 0. The molecule has 0 radical (unpaired) electrons. The Morgan fingerprint density at radius 2 is 2.12 bits per heavy atom. The Hall–Kier alpha value is -0.320. The molecule has 0 aromatic carbocycles. The topological polar surface area (TPSA) is 51.2 Å². The van der Waals surface area contributed by atoms with Crippen LogP contribution in [0.2, 0.25) is 0 Å². The van der Waals surface area contributed by atoms with E-state index in [4.69, 9.17) is 10.3 Å². The molecule has 0 spiro atoms. The molecular weight excluding hydrogens is 280 g/mol. The molecule has 1 atom stereocenters. The third-order valence-electron chi connectivity index (χ3n) is 3.96. The Kier molecular flexibility index (Phi) is 3.95. The number of furan rings is 1. The van der Waals surface area contributed by atoms with Gasteiger partial charge >= 0.3 is 0 Å². The lowest BCUT2D eigenvalue weighted by Crippen LogP contribution is -2.36. The van der Waals surface area contributed by atoms with E-state index in [1.807, 2.05) is 6.07 Å². The summed E-state index contributed by atoms with van der Waals surface area (Å²) in [4.78, 5) is 0. The second kappa shape index (κ2) is 5.12. The fourth-order valence-electron chi connectivity index (χ4n) is 2.71. The van der Waals surface area contributed by atoms with Crippen LogP contribution in [0.1, 0.15) is 51.3 Å². The maximum atomic E-state index is 5.70. The molecule has 1 heterocycles. The first-order chi connectivity index (χ1) is 8.03. The van der Waals surface area contributed by atoms with Gasteiger partial charge in [-0.1, -0.05) is 13.8 Å². The minimum atomic E-state index is 0.121. The van der Waals surface area contributed by atoms with Crippen LogP contribution in [0.25, 0.3) is 0 Å². The van der Waals surface area contributed by atoms with Crippen molar-refractivity contribution >= 4 is 15.9 Å². The van der Waals surface area contributed by atoms with Crippen LogP contribution in [0.15, 0.2) is 21.2 Å². The molecule has 1 aliphatic rings. The minimum Gasteiger partial charge on any atom is -0.466 e. The number of hydrazine groups is 1. The third kappa shape index (κ3) is 2.92. The second-order valence-corrected chi connectivity index (χ2v) is 6.63. The monoisotopic (exact) mass is 300 g/mol. The molecule has 96 valence electrons. The highest BCUT2D eigenvalue weighted by atomic mass is 79.9. The molecule has 4 heteroatoms. The standard InChI is InChI=1S/C13H21BrN2O/c1-13(2)6-3-9(4-7-13)11(16-15)12-10(14)5-8-17-12/h5,8-9,11,16H,3-4,6-7,15H2,1-2H3. The van der Waals surface area contributed by atoms with Crippen molar-refractivity contribution in [3.63, 3.8) is 0 Å². The maximum Gasteiger partial charge on any atom is 0.136 e. The average Bonchev–Trinajstić information content (AvgIpc) is 2.69. The van der Waals surface area contributed by atoms with Crippen LogP contribution in [-0.4, -0.2) is 0 Å². The van der Waals surface area contributed by atoms with Crippen LogP contribution in [-0.2, 0) is 0 Å². The molecule has 2 rings (SSSR count). The zero-order chi connectivity index (χ0) is 12.5. The largest absolute Gasteiger partial charge is 0.466 e. The number of nitrogens with two attached hydrogens (primary N) is 1. The van der Waals surface area contributed by atoms with Crippen molar-refractivity contribution < 1.29 is 4.42 Å². The Morgan fingerprint density at radius 3 is 2.59 bits per heavy atom. The van der Waals surface area contributed by atoms with E-state index in [-0.39, 0.29) is 6.04 Å². The van der Waals surface area contributed by atoms with Crippen molar-refractivity contribution in [1.82, 2.24) is 5.43 Å². The van der Waals surface area contributed by atoms with Crippen LogP contribution in [0.5, 0.6) is 0 Å². The summed E-state index contributed by atoms with van der Waals surface area (Å²) in [5.41, 5.74) is 3.40. The molecule has 1 saturated carbocycles. The van der Waals surface area contributed by atoms with E-state index in [0.29, 0.717) is 11.3 Å². The molecular formula is C13H21BrN2O. The van der Waals surface area contributed by atoms with E-state index in [9.17, 15) is 0 Å². The predicted octanol–water partition coefficient (Wildman–Crippen LogP) is 3.76. The molecule has 0 amide bonds. The molecule has 0 aliphatic heterocycles. The molecule has 1 aromatic rings. The summed E-state index contributed by atoms with van der Waals surface area (Å²) < 4.78 is 6.54. The van der Waals surface area contributed by atoms with Gasteiger partial charge in [0.25, 0.3) is 0 Å². The summed E-state index contributed by atoms with van der Waals surface area (Å²) >= 11 is 3.51. The highest BCUT2D eigenvalue weighted by Gasteiger charge is 2.33. The van der Waals surface area contributed by atoms with Crippen molar-refractivity contribution in [1.29, 1.82) is 0 Å². The SMILES string of the molecule is CC1(C)CCC(C(NN)c2occc2Br)CC1. The molecule has 1 unspecified atom stereocenters. The van der Waals surface area contributed by atoms with Gasteiger partial charge in [0.15, 0.2) is 0 Å². The Labute approximate surface area is 111 Å². The Morgan fingerprint density at radius 1 is 1.47 bits per heavy atom. The first-order valence-corrected chi connectivity index (χ1v) is 7.02. The second-order valence-electron chi connectivity index (χ2n) is 5.78. The molecule has 1 fully saturated rings. The van der Waals surface area contributed by atoms with Gasteiger partial charge in [0.2, 0.25) is 0 Å². The molecule has 1 aliphatic carbocycles. The van der Waals surface area contributed by atoms with E-state index in [1.54, 1.807) is 6.26 Å². The lowest BCUT2D eigenvalue weighted by molar-refractivity contribution is 0.152. The number of halogens is 1. The van der Waals surface area contributed by atoms with Gasteiger partial charge in [0.1, 0.15) is 5.76 Å². The number of hydrogen-bond acceptors (Lipinski definition) is 3. The lowest BCUT2D eigenvalue weighted by Gasteiger charge is -2.37. The molecule has 0 bridgehead atoms. The van der Waals surface area contributed by atoms with Gasteiger partial charge in [0.05, 0.1) is 16.8 Å². The summed E-state index contributed by atoms with van der Waals surface area (Å²) in [6, 6.07) is 2.04. The van der Waals surface area contributed by atoms with Gasteiger partial charge in [-0.25, -0.2) is 5.43 Å². The third-order valence-corrected chi connectivity index (χ3v) is 4.62. The zero-order valence-electron chi connectivity index (χ0n) is 10.5. The number of rotatable bonds is 3. The van der Waals surface area contributed by atoms with Crippen molar-refractivity contribution in [3.8, 4) is 0 Å². The van der Waals surface area contributed by atoms with Gasteiger partial charge in [-0.3, -0.25) is 5.84 Å². The normalized spacial score (nSPS) is 22.6. The van der Waals surface area contributed by atoms with E-state index in [1.165, 1.54) is 25.7 Å². The predicted molar refractivity (Wildman–Crippen MR) is 72.2 cm³/mol. The summed E-state index contributed by atoms with van der Waals surface area (Å²) in [5.74, 6) is 7.19. The van der Waals surface area contributed by atoms with Crippen LogP contribution >= 0.6 is 15.9 Å². The van der Waals surface area contributed by atoms with Gasteiger partial charge in [-0.05, 0) is 59.0 Å². The molecule has 1 aromatic heterocycles.